The van der Waals surface area contributed by atoms with Crippen molar-refractivity contribution in [3.05, 3.63) is 64.7 Å². The summed E-state index contributed by atoms with van der Waals surface area (Å²) in [4.78, 5) is 41.7. The Labute approximate surface area is 217 Å². The number of hydrogen-bond acceptors (Lipinski definition) is 5. The number of nitrogens with one attached hydrogen (secondary N) is 1. The molecule has 0 saturated carbocycles. The fourth-order valence-electron chi connectivity index (χ4n) is 4.57. The Morgan fingerprint density at radius 2 is 1.54 bits per heavy atom. The number of oxime groups is 1. The van der Waals surface area contributed by atoms with Gasteiger partial charge in [-0.2, -0.15) is 0 Å². The molecule has 0 aliphatic heterocycles. The van der Waals surface area contributed by atoms with Crippen LogP contribution in [0.3, 0.4) is 0 Å². The number of carbonyl (C=O) groups is 3. The lowest BCUT2D eigenvalue weighted by molar-refractivity contribution is -0.151. The summed E-state index contributed by atoms with van der Waals surface area (Å²) in [6.45, 7) is 10.7. The summed E-state index contributed by atoms with van der Waals surface area (Å²) in [5, 5.41) is 25.5. The molecular weight excluding hydrogens is 472 g/mol. The Balaban J connectivity index is 2.02. The summed E-state index contributed by atoms with van der Waals surface area (Å²) < 4.78 is 0. The van der Waals surface area contributed by atoms with Crippen molar-refractivity contribution in [2.75, 3.05) is 5.32 Å². The van der Waals surface area contributed by atoms with Crippen molar-refractivity contribution in [2.45, 2.75) is 83.7 Å². The third kappa shape index (κ3) is 6.56. The first kappa shape index (κ1) is 27.9. The lowest BCUT2D eigenvalue weighted by atomic mass is 9.63. The van der Waals surface area contributed by atoms with Crippen LogP contribution in [0.4, 0.5) is 5.69 Å². The number of unbranched alkanes of at least 4 members (excludes halogenated alkanes) is 1. The summed E-state index contributed by atoms with van der Waals surface area (Å²) in [5.41, 5.74) is 3.14. The molecule has 2 aromatic rings. The maximum absolute atomic E-state index is 13.4. The summed E-state index contributed by atoms with van der Waals surface area (Å²) >= 11 is 0. The highest BCUT2D eigenvalue weighted by Gasteiger charge is 2.37. The fourth-order valence-corrected chi connectivity index (χ4v) is 4.57. The van der Waals surface area contributed by atoms with E-state index < -0.39 is 23.9 Å². The van der Waals surface area contributed by atoms with Crippen molar-refractivity contribution < 1.29 is 29.4 Å². The molecule has 8 nitrogen and oxygen atoms in total. The Morgan fingerprint density at radius 3 is 2.11 bits per heavy atom. The molecule has 0 aromatic heterocycles. The zero-order chi connectivity index (χ0) is 27.4. The Hall–Kier alpha value is -3.68. The Bertz CT molecular complexity index is 1200. The molecule has 0 saturated heterocycles. The van der Waals surface area contributed by atoms with Crippen LogP contribution in [0.2, 0.25) is 0 Å². The number of carboxylic acids is 2. The molecule has 0 fully saturated rings. The van der Waals surface area contributed by atoms with Crippen LogP contribution in [-0.2, 0) is 25.3 Å². The van der Waals surface area contributed by atoms with Crippen molar-refractivity contribution in [3.63, 3.8) is 0 Å². The lowest BCUT2D eigenvalue weighted by Crippen LogP contribution is -2.34. The highest BCUT2D eigenvalue weighted by Crippen LogP contribution is 2.46. The van der Waals surface area contributed by atoms with Gasteiger partial charge in [-0.15, -0.1) is 0 Å². The molecule has 1 amide bonds. The third-order valence-corrected chi connectivity index (χ3v) is 7.10. The number of carbonyl (C=O) groups excluding carboxylic acids is 1. The maximum Gasteiger partial charge on any atom is 0.347 e. The smallest absolute Gasteiger partial charge is 0.347 e. The molecule has 1 unspecified atom stereocenters. The van der Waals surface area contributed by atoms with E-state index in [1.54, 1.807) is 0 Å². The number of fused-ring (bicyclic) bond motifs is 1. The van der Waals surface area contributed by atoms with Crippen molar-refractivity contribution in [1.29, 1.82) is 0 Å². The molecule has 0 bridgehead atoms. The molecule has 1 aliphatic rings. The van der Waals surface area contributed by atoms with E-state index in [1.807, 2.05) is 25.1 Å². The molecule has 198 valence electrons. The highest BCUT2D eigenvalue weighted by molar-refractivity contribution is 6.48. The van der Waals surface area contributed by atoms with E-state index in [4.69, 9.17) is 9.94 Å². The zero-order valence-electron chi connectivity index (χ0n) is 22.1. The minimum Gasteiger partial charge on any atom is -0.478 e. The number of amides is 1. The van der Waals surface area contributed by atoms with E-state index in [0.717, 1.165) is 24.8 Å². The number of hydrogen-bond donors (Lipinski definition) is 3. The summed E-state index contributed by atoms with van der Waals surface area (Å²) in [7, 11) is 0. The van der Waals surface area contributed by atoms with E-state index >= 15 is 0 Å². The first-order chi connectivity index (χ1) is 17.4. The largest absolute Gasteiger partial charge is 0.478 e. The predicted molar refractivity (Wildman–Crippen MR) is 142 cm³/mol. The number of aromatic carboxylic acids is 1. The minimum atomic E-state index is -1.18. The number of rotatable bonds is 10. The van der Waals surface area contributed by atoms with Crippen molar-refractivity contribution in [3.8, 4) is 0 Å². The van der Waals surface area contributed by atoms with Gasteiger partial charge in [0.05, 0.1) is 5.56 Å². The van der Waals surface area contributed by atoms with Gasteiger partial charge >= 0.3 is 11.9 Å². The van der Waals surface area contributed by atoms with Crippen LogP contribution in [0.1, 0.15) is 93.8 Å². The zero-order valence-corrected chi connectivity index (χ0v) is 22.1. The topological polar surface area (TPSA) is 125 Å². The van der Waals surface area contributed by atoms with Gasteiger partial charge in [-0.25, -0.2) is 9.59 Å². The van der Waals surface area contributed by atoms with E-state index in [9.17, 15) is 19.5 Å². The molecule has 37 heavy (non-hydrogen) atoms. The van der Waals surface area contributed by atoms with Gasteiger partial charge in [-0.1, -0.05) is 58.3 Å². The maximum atomic E-state index is 13.4. The van der Waals surface area contributed by atoms with Crippen molar-refractivity contribution in [2.24, 2.45) is 5.16 Å². The molecule has 0 heterocycles. The van der Waals surface area contributed by atoms with Crippen LogP contribution < -0.4 is 5.32 Å². The van der Waals surface area contributed by atoms with Gasteiger partial charge in [0.15, 0.2) is 5.71 Å². The average Bonchev–Trinajstić information content (AvgIpc) is 2.84. The quantitative estimate of drug-likeness (QED) is 0.278. The fraction of sp³-hybridized carbons (Fsp3) is 0.448. The summed E-state index contributed by atoms with van der Waals surface area (Å²) in [6, 6.07) is 11.5. The molecule has 3 rings (SSSR count). The Kier molecular flexibility index (Phi) is 8.41. The second-order valence-electron chi connectivity index (χ2n) is 10.9. The van der Waals surface area contributed by atoms with Gasteiger partial charge in [0.25, 0.3) is 5.91 Å². The number of carboxylic acid groups (broad SMARTS) is 2. The predicted octanol–water partition coefficient (Wildman–Crippen LogP) is 5.74. The first-order valence-electron chi connectivity index (χ1n) is 12.6. The van der Waals surface area contributed by atoms with Gasteiger partial charge in [-0.05, 0) is 78.0 Å². The number of nitrogens with zero attached hydrogens (tertiary/aromatic N) is 1. The highest BCUT2D eigenvalue weighted by atomic mass is 16.6. The van der Waals surface area contributed by atoms with Crippen LogP contribution in [0.15, 0.2) is 47.6 Å². The molecule has 3 N–H and O–H groups in total. The van der Waals surface area contributed by atoms with E-state index in [1.165, 1.54) is 29.8 Å². The number of anilines is 1. The SMILES string of the molecule is CCCCC(ON=C(C(=O)Nc1ccc(C(=O)O)cc1)c1ccc2c(c1)C(C)(C)CCC2(C)C)C(=O)O. The third-order valence-electron chi connectivity index (χ3n) is 7.10. The summed E-state index contributed by atoms with van der Waals surface area (Å²) in [6.07, 6.45) is 2.57. The van der Waals surface area contributed by atoms with Gasteiger partial charge in [0, 0.05) is 11.3 Å². The van der Waals surface area contributed by atoms with Gasteiger partial charge in [-0.3, -0.25) is 4.79 Å². The monoisotopic (exact) mass is 508 g/mol. The van der Waals surface area contributed by atoms with E-state index in [0.29, 0.717) is 17.7 Å². The van der Waals surface area contributed by atoms with Gasteiger partial charge in [0.2, 0.25) is 6.10 Å². The van der Waals surface area contributed by atoms with Gasteiger partial charge < -0.3 is 20.4 Å². The van der Waals surface area contributed by atoms with E-state index in [-0.39, 0.29) is 28.5 Å². The van der Waals surface area contributed by atoms with E-state index in [2.05, 4.69) is 38.2 Å². The molecule has 0 spiro atoms. The normalized spacial score (nSPS) is 16.8. The second-order valence-corrected chi connectivity index (χ2v) is 10.9. The van der Waals surface area contributed by atoms with Crippen LogP contribution in [-0.4, -0.2) is 39.9 Å². The average molecular weight is 509 g/mol. The van der Waals surface area contributed by atoms with Crippen LogP contribution in [0.25, 0.3) is 0 Å². The molecule has 1 atom stereocenters. The molecule has 2 aromatic carbocycles. The number of aliphatic carboxylic acids is 1. The second kappa shape index (κ2) is 11.2. The van der Waals surface area contributed by atoms with Crippen LogP contribution in [0.5, 0.6) is 0 Å². The van der Waals surface area contributed by atoms with Crippen molar-refractivity contribution >= 4 is 29.2 Å². The van der Waals surface area contributed by atoms with Crippen LogP contribution >= 0.6 is 0 Å². The van der Waals surface area contributed by atoms with Crippen LogP contribution in [0, 0.1) is 0 Å². The van der Waals surface area contributed by atoms with Crippen molar-refractivity contribution in [1.82, 2.24) is 0 Å². The standard InChI is InChI=1S/C29H36N2O6/c1-6-7-8-23(27(35)36)37-31-24(25(32)30-20-12-9-18(10-13-20)26(33)34)19-11-14-21-22(17-19)29(4,5)16-15-28(21,2)3/h9-14,17,23H,6-8,15-16H2,1-5H3,(H,30,32)(H,33,34)(H,35,36). The first-order valence-corrected chi connectivity index (χ1v) is 12.6. The van der Waals surface area contributed by atoms with Gasteiger partial charge in [0.1, 0.15) is 0 Å². The molecule has 8 heteroatoms. The number of benzene rings is 2. The molecule has 1 aliphatic carbocycles. The minimum absolute atomic E-state index is 0.0140. The molecular formula is C29H36N2O6. The lowest BCUT2D eigenvalue weighted by Gasteiger charge is -2.42. The molecule has 0 radical (unpaired) electrons. The Morgan fingerprint density at radius 1 is 0.946 bits per heavy atom. The summed E-state index contributed by atoms with van der Waals surface area (Å²) in [5.74, 6) is -2.80.